The third kappa shape index (κ3) is 8.86. The summed E-state index contributed by atoms with van der Waals surface area (Å²) in [7, 11) is 0. The third-order valence-corrected chi connectivity index (χ3v) is 5.78. The molecule has 2 rings (SSSR count). The maximum atomic E-state index is 14.7. The van der Waals surface area contributed by atoms with Gasteiger partial charge in [0, 0.05) is 5.56 Å². The van der Waals surface area contributed by atoms with Crippen molar-refractivity contribution in [3.8, 4) is 28.7 Å². The molecule has 0 amide bonds. The van der Waals surface area contributed by atoms with Gasteiger partial charge in [-0.1, -0.05) is 64.5 Å². The fourth-order valence-electron chi connectivity index (χ4n) is 3.52. The van der Waals surface area contributed by atoms with Crippen molar-refractivity contribution in [2.24, 2.45) is 5.41 Å². The molecular formula is C28H35F2NO4. The van der Waals surface area contributed by atoms with Crippen LogP contribution in [0.5, 0.6) is 11.5 Å². The number of carbonyl (C=O) groups is 1. The molecular weight excluding hydrogens is 452 g/mol. The Kier molecular flexibility index (Phi) is 11.5. The first kappa shape index (κ1) is 28.1. The van der Waals surface area contributed by atoms with Crippen LogP contribution in [0.2, 0.25) is 0 Å². The van der Waals surface area contributed by atoms with Gasteiger partial charge in [0.2, 0.25) is 5.82 Å². The molecule has 0 bridgehead atoms. The Bertz CT molecular complexity index is 988. The van der Waals surface area contributed by atoms with Gasteiger partial charge in [-0.15, -0.1) is 0 Å². The summed E-state index contributed by atoms with van der Waals surface area (Å²) < 4.78 is 44.9. The van der Waals surface area contributed by atoms with Crippen molar-refractivity contribution in [3.05, 3.63) is 48.0 Å². The van der Waals surface area contributed by atoms with Crippen LogP contribution in [0.4, 0.5) is 13.6 Å². The summed E-state index contributed by atoms with van der Waals surface area (Å²) in [5.41, 5.74) is -0.370. The van der Waals surface area contributed by atoms with E-state index in [9.17, 15) is 18.8 Å². The van der Waals surface area contributed by atoms with E-state index < -0.39 is 29.0 Å². The molecule has 1 unspecified atom stereocenters. The average molecular weight is 488 g/mol. The molecule has 0 saturated carbocycles. The number of carbonyl (C=O) groups excluding carboxylic acids is 1. The maximum Gasteiger partial charge on any atom is 0.514 e. The number of halogens is 2. The van der Waals surface area contributed by atoms with Gasteiger partial charge in [-0.25, -0.2) is 9.18 Å². The van der Waals surface area contributed by atoms with Crippen LogP contribution in [0.25, 0.3) is 11.1 Å². The summed E-state index contributed by atoms with van der Waals surface area (Å²) >= 11 is 0. The molecule has 0 heterocycles. The van der Waals surface area contributed by atoms with Crippen molar-refractivity contribution in [2.45, 2.75) is 72.1 Å². The van der Waals surface area contributed by atoms with Crippen LogP contribution in [0.15, 0.2) is 36.4 Å². The lowest BCUT2D eigenvalue weighted by atomic mass is 9.88. The highest BCUT2D eigenvalue weighted by Gasteiger charge is 2.27. The molecule has 0 aliphatic heterocycles. The zero-order valence-corrected chi connectivity index (χ0v) is 20.9. The number of unbranched alkanes of at least 4 members (excludes halogenated alkanes) is 5. The van der Waals surface area contributed by atoms with Crippen LogP contribution in [-0.4, -0.2) is 19.4 Å². The van der Waals surface area contributed by atoms with E-state index in [1.54, 1.807) is 31.2 Å². The zero-order valence-electron chi connectivity index (χ0n) is 20.9. The van der Waals surface area contributed by atoms with Gasteiger partial charge in [0.05, 0.1) is 18.1 Å². The molecule has 0 radical (unpaired) electrons. The monoisotopic (exact) mass is 487 g/mol. The normalized spacial score (nSPS) is 12.5. The molecule has 2 aromatic rings. The van der Waals surface area contributed by atoms with E-state index in [-0.39, 0.29) is 12.2 Å². The van der Waals surface area contributed by atoms with E-state index in [0.717, 1.165) is 25.7 Å². The van der Waals surface area contributed by atoms with E-state index in [0.29, 0.717) is 24.3 Å². The van der Waals surface area contributed by atoms with E-state index in [4.69, 9.17) is 14.2 Å². The number of nitriles is 1. The third-order valence-electron chi connectivity index (χ3n) is 5.78. The van der Waals surface area contributed by atoms with Crippen LogP contribution in [0.3, 0.4) is 0 Å². The number of benzene rings is 2. The molecule has 0 saturated heterocycles. The predicted molar refractivity (Wildman–Crippen MR) is 131 cm³/mol. The van der Waals surface area contributed by atoms with Crippen LogP contribution >= 0.6 is 0 Å². The second-order valence-corrected chi connectivity index (χ2v) is 8.94. The van der Waals surface area contributed by atoms with Crippen LogP contribution in [-0.2, 0) is 4.74 Å². The average Bonchev–Trinajstić information content (AvgIpc) is 2.87. The van der Waals surface area contributed by atoms with Crippen molar-refractivity contribution < 1.29 is 27.8 Å². The fourth-order valence-corrected chi connectivity index (χ4v) is 3.52. The second kappa shape index (κ2) is 14.3. The standard InChI is InChI=1S/C28H35F2NO4/c1-4-6-8-9-10-18-33-22-13-11-21(12-14-22)23-15-16-24(26(30)25(23)29)35-27(32)34-20-28(3,19-31)17-7-5-2/h11-16H,4-10,17-18,20H2,1-3H3. The SMILES string of the molecule is CCCCCCCOc1ccc(-c2ccc(OC(=O)OCC(C)(C#N)CCCC)c(F)c2F)cc1. The summed E-state index contributed by atoms with van der Waals surface area (Å²) in [6.07, 6.45) is 6.76. The van der Waals surface area contributed by atoms with Crippen LogP contribution < -0.4 is 9.47 Å². The van der Waals surface area contributed by atoms with Gasteiger partial charge in [-0.2, -0.15) is 9.65 Å². The molecule has 0 spiro atoms. The number of hydrogen-bond donors (Lipinski definition) is 0. The Hall–Kier alpha value is -3.14. The van der Waals surface area contributed by atoms with E-state index in [1.807, 2.05) is 6.92 Å². The van der Waals surface area contributed by atoms with Crippen molar-refractivity contribution in [3.63, 3.8) is 0 Å². The summed E-state index contributed by atoms with van der Waals surface area (Å²) in [5.74, 6) is -2.34. The highest BCUT2D eigenvalue weighted by molar-refractivity contribution is 5.68. The van der Waals surface area contributed by atoms with Gasteiger partial charge >= 0.3 is 6.16 Å². The Morgan fingerprint density at radius 2 is 1.63 bits per heavy atom. The Morgan fingerprint density at radius 3 is 2.29 bits per heavy atom. The highest BCUT2D eigenvalue weighted by atomic mass is 19.2. The first-order valence-electron chi connectivity index (χ1n) is 12.3. The van der Waals surface area contributed by atoms with E-state index >= 15 is 0 Å². The molecule has 190 valence electrons. The van der Waals surface area contributed by atoms with Gasteiger partial charge in [0.15, 0.2) is 11.6 Å². The Balaban J connectivity index is 1.96. The predicted octanol–water partition coefficient (Wildman–Crippen LogP) is 8.22. The lowest BCUT2D eigenvalue weighted by Crippen LogP contribution is -2.25. The lowest BCUT2D eigenvalue weighted by molar-refractivity contribution is 0.0690. The highest BCUT2D eigenvalue weighted by Crippen LogP contribution is 2.31. The van der Waals surface area contributed by atoms with Gasteiger partial charge in [-0.05, 0) is 49.6 Å². The largest absolute Gasteiger partial charge is 0.514 e. The maximum absolute atomic E-state index is 14.7. The van der Waals surface area contributed by atoms with Crippen molar-refractivity contribution in [1.29, 1.82) is 5.26 Å². The first-order chi connectivity index (χ1) is 16.8. The fraction of sp³-hybridized carbons (Fsp3) is 0.500. The number of hydrogen-bond acceptors (Lipinski definition) is 5. The van der Waals surface area contributed by atoms with E-state index in [1.165, 1.54) is 31.4 Å². The molecule has 2 aromatic carbocycles. The Labute approximate surface area is 207 Å². The van der Waals surface area contributed by atoms with Crippen molar-refractivity contribution >= 4 is 6.16 Å². The molecule has 0 fully saturated rings. The molecule has 1 atom stereocenters. The topological polar surface area (TPSA) is 68.6 Å². The number of nitrogens with zero attached hydrogens (tertiary/aromatic N) is 1. The summed E-state index contributed by atoms with van der Waals surface area (Å²) in [6.45, 7) is 6.25. The smallest absolute Gasteiger partial charge is 0.494 e. The lowest BCUT2D eigenvalue weighted by Gasteiger charge is -2.20. The minimum Gasteiger partial charge on any atom is -0.494 e. The number of ether oxygens (including phenoxy) is 3. The van der Waals surface area contributed by atoms with Gasteiger partial charge in [0.25, 0.3) is 0 Å². The molecule has 7 heteroatoms. The molecule has 5 nitrogen and oxygen atoms in total. The van der Waals surface area contributed by atoms with Gasteiger partial charge in [-0.3, -0.25) is 0 Å². The van der Waals surface area contributed by atoms with E-state index in [2.05, 4.69) is 13.0 Å². The zero-order chi connectivity index (χ0) is 25.7. The van der Waals surface area contributed by atoms with Crippen LogP contribution in [0.1, 0.15) is 72.1 Å². The summed E-state index contributed by atoms with van der Waals surface area (Å²) in [6, 6.07) is 11.4. The summed E-state index contributed by atoms with van der Waals surface area (Å²) in [4.78, 5) is 12.0. The first-order valence-corrected chi connectivity index (χ1v) is 12.3. The summed E-state index contributed by atoms with van der Waals surface area (Å²) in [5, 5.41) is 9.33. The molecule has 0 aliphatic carbocycles. The quantitative estimate of drug-likeness (QED) is 0.153. The molecule has 0 aromatic heterocycles. The van der Waals surface area contributed by atoms with Crippen molar-refractivity contribution in [2.75, 3.05) is 13.2 Å². The minimum absolute atomic E-state index is 0.0333. The Morgan fingerprint density at radius 1 is 0.943 bits per heavy atom. The van der Waals surface area contributed by atoms with Crippen molar-refractivity contribution in [1.82, 2.24) is 0 Å². The van der Waals surface area contributed by atoms with Crippen LogP contribution in [0, 0.1) is 28.4 Å². The van der Waals surface area contributed by atoms with Gasteiger partial charge < -0.3 is 14.2 Å². The molecule has 0 aliphatic rings. The minimum atomic E-state index is -1.29. The number of rotatable bonds is 14. The molecule has 35 heavy (non-hydrogen) atoms. The molecule has 0 N–H and O–H groups in total. The second-order valence-electron chi connectivity index (χ2n) is 8.94. The van der Waals surface area contributed by atoms with Gasteiger partial charge in [0.1, 0.15) is 12.4 Å².